The highest BCUT2D eigenvalue weighted by atomic mass is 32.2. The summed E-state index contributed by atoms with van der Waals surface area (Å²) in [5, 5.41) is 8.58. The number of ether oxygens (including phenoxy) is 1. The third kappa shape index (κ3) is 3.45. The van der Waals surface area contributed by atoms with Gasteiger partial charge >= 0.3 is 0 Å². The quantitative estimate of drug-likeness (QED) is 0.604. The van der Waals surface area contributed by atoms with E-state index in [0.29, 0.717) is 12.4 Å². The Bertz CT molecular complexity index is 472. The Morgan fingerprint density at radius 1 is 1.35 bits per heavy atom. The molecule has 0 saturated heterocycles. The van der Waals surface area contributed by atoms with Gasteiger partial charge in [0.2, 0.25) is 0 Å². The fourth-order valence-electron chi connectivity index (χ4n) is 1.23. The highest BCUT2D eigenvalue weighted by Crippen LogP contribution is 2.15. The molecule has 0 unspecified atom stereocenters. The molecule has 0 radical (unpaired) electrons. The van der Waals surface area contributed by atoms with Crippen molar-refractivity contribution in [3.8, 4) is 5.75 Å². The van der Waals surface area contributed by atoms with Crippen molar-refractivity contribution in [2.75, 3.05) is 12.4 Å². The van der Waals surface area contributed by atoms with Crippen LogP contribution in [0.1, 0.15) is 0 Å². The molecule has 4 nitrogen and oxygen atoms in total. The minimum Gasteiger partial charge on any atom is -0.493 e. The Morgan fingerprint density at radius 3 is 2.76 bits per heavy atom. The predicted molar refractivity (Wildman–Crippen MR) is 63.6 cm³/mol. The molecule has 1 heterocycles. The van der Waals surface area contributed by atoms with Crippen molar-refractivity contribution < 1.29 is 9.13 Å². The molecule has 17 heavy (non-hydrogen) atoms. The van der Waals surface area contributed by atoms with Gasteiger partial charge in [-0.2, -0.15) is 0 Å². The first kappa shape index (κ1) is 11.9. The third-order valence-electron chi connectivity index (χ3n) is 2.07. The normalized spacial score (nSPS) is 10.5. The largest absolute Gasteiger partial charge is 0.493 e. The summed E-state index contributed by atoms with van der Waals surface area (Å²) in [6, 6.07) is 5.99. The SMILES string of the molecule is Cn1cnnc1SCCOc1ccc(F)cc1. The van der Waals surface area contributed by atoms with Gasteiger partial charge in [0.1, 0.15) is 17.9 Å². The van der Waals surface area contributed by atoms with Crippen molar-refractivity contribution in [3.05, 3.63) is 36.4 Å². The molecule has 1 aromatic heterocycles. The molecule has 6 heteroatoms. The molecular weight excluding hydrogens is 241 g/mol. The van der Waals surface area contributed by atoms with E-state index in [1.165, 1.54) is 12.1 Å². The van der Waals surface area contributed by atoms with E-state index < -0.39 is 0 Å². The number of thioether (sulfide) groups is 1. The average Bonchev–Trinajstić information content (AvgIpc) is 2.73. The number of halogens is 1. The van der Waals surface area contributed by atoms with Crippen molar-refractivity contribution in [2.45, 2.75) is 5.16 Å². The minimum absolute atomic E-state index is 0.259. The van der Waals surface area contributed by atoms with Crippen molar-refractivity contribution in [1.82, 2.24) is 14.8 Å². The number of nitrogens with zero attached hydrogens (tertiary/aromatic N) is 3. The smallest absolute Gasteiger partial charge is 0.190 e. The van der Waals surface area contributed by atoms with Crippen LogP contribution in [-0.4, -0.2) is 27.1 Å². The number of hydrogen-bond acceptors (Lipinski definition) is 4. The second kappa shape index (κ2) is 5.67. The number of aryl methyl sites for hydroxylation is 1. The van der Waals surface area contributed by atoms with Gasteiger partial charge in [0.25, 0.3) is 0 Å². The Morgan fingerprint density at radius 2 is 2.12 bits per heavy atom. The minimum atomic E-state index is -0.259. The van der Waals surface area contributed by atoms with Crippen molar-refractivity contribution in [2.24, 2.45) is 7.05 Å². The molecule has 90 valence electrons. The molecule has 1 aromatic carbocycles. The van der Waals surface area contributed by atoms with Gasteiger partial charge in [0, 0.05) is 12.8 Å². The second-order valence-electron chi connectivity index (χ2n) is 3.38. The Kier molecular flexibility index (Phi) is 3.98. The van der Waals surface area contributed by atoms with Gasteiger partial charge in [-0.05, 0) is 24.3 Å². The molecule has 0 atom stereocenters. The highest BCUT2D eigenvalue weighted by Gasteiger charge is 2.01. The van der Waals surface area contributed by atoms with E-state index in [0.717, 1.165) is 10.9 Å². The summed E-state index contributed by atoms with van der Waals surface area (Å²) in [6.45, 7) is 0.545. The number of aromatic nitrogens is 3. The number of benzene rings is 1. The van der Waals surface area contributed by atoms with Crippen molar-refractivity contribution in [1.29, 1.82) is 0 Å². The fraction of sp³-hybridized carbons (Fsp3) is 0.273. The van der Waals surface area contributed by atoms with E-state index in [1.54, 1.807) is 30.2 Å². The lowest BCUT2D eigenvalue weighted by molar-refractivity contribution is 0.343. The van der Waals surface area contributed by atoms with Crippen LogP contribution in [0.15, 0.2) is 35.7 Å². The zero-order valence-corrected chi connectivity index (χ0v) is 10.2. The van der Waals surface area contributed by atoms with Gasteiger partial charge in [-0.15, -0.1) is 10.2 Å². The first-order valence-electron chi connectivity index (χ1n) is 5.11. The summed E-state index contributed by atoms with van der Waals surface area (Å²) < 4.78 is 19.9. The molecule has 0 N–H and O–H groups in total. The maximum absolute atomic E-state index is 12.6. The van der Waals surface area contributed by atoms with E-state index in [4.69, 9.17) is 4.74 Å². The van der Waals surface area contributed by atoms with Crippen LogP contribution in [0.2, 0.25) is 0 Å². The Labute approximate surface area is 103 Å². The van der Waals surface area contributed by atoms with Crippen molar-refractivity contribution in [3.63, 3.8) is 0 Å². The molecular formula is C11H12FN3OS. The van der Waals surface area contributed by atoms with Crippen LogP contribution in [0.4, 0.5) is 4.39 Å². The Balaban J connectivity index is 1.73. The van der Waals surface area contributed by atoms with Crippen LogP contribution < -0.4 is 4.74 Å². The monoisotopic (exact) mass is 253 g/mol. The lowest BCUT2D eigenvalue weighted by Gasteiger charge is -2.05. The lowest BCUT2D eigenvalue weighted by Crippen LogP contribution is -2.01. The molecule has 0 aliphatic heterocycles. The molecule has 0 aliphatic carbocycles. The van der Waals surface area contributed by atoms with E-state index >= 15 is 0 Å². The number of rotatable bonds is 5. The van der Waals surface area contributed by atoms with E-state index in [1.807, 2.05) is 11.6 Å². The second-order valence-corrected chi connectivity index (χ2v) is 4.44. The maximum Gasteiger partial charge on any atom is 0.190 e. The van der Waals surface area contributed by atoms with E-state index in [2.05, 4.69) is 10.2 Å². The first-order valence-corrected chi connectivity index (χ1v) is 6.09. The summed E-state index contributed by atoms with van der Waals surface area (Å²) in [6.07, 6.45) is 1.66. The lowest BCUT2D eigenvalue weighted by atomic mass is 10.3. The van der Waals surface area contributed by atoms with Crippen LogP contribution in [0.5, 0.6) is 5.75 Å². The van der Waals surface area contributed by atoms with Crippen LogP contribution in [0.25, 0.3) is 0 Å². The van der Waals surface area contributed by atoms with Gasteiger partial charge in [-0.1, -0.05) is 11.8 Å². The fourth-order valence-corrected chi connectivity index (χ4v) is 1.93. The number of hydrogen-bond donors (Lipinski definition) is 0. The summed E-state index contributed by atoms with van der Waals surface area (Å²) in [7, 11) is 1.89. The van der Waals surface area contributed by atoms with Gasteiger partial charge in [0.05, 0.1) is 6.61 Å². The van der Waals surface area contributed by atoms with Crippen molar-refractivity contribution >= 4 is 11.8 Å². The molecule has 0 spiro atoms. The zero-order valence-electron chi connectivity index (χ0n) is 9.34. The molecule has 0 bridgehead atoms. The first-order chi connectivity index (χ1) is 8.25. The van der Waals surface area contributed by atoms with Gasteiger partial charge in [-0.3, -0.25) is 0 Å². The molecule has 0 aliphatic rings. The maximum atomic E-state index is 12.6. The van der Waals surface area contributed by atoms with Crippen LogP contribution in [0, 0.1) is 5.82 Å². The summed E-state index contributed by atoms with van der Waals surface area (Å²) in [4.78, 5) is 0. The van der Waals surface area contributed by atoms with Gasteiger partial charge < -0.3 is 9.30 Å². The Hall–Kier alpha value is -1.56. The highest BCUT2D eigenvalue weighted by molar-refractivity contribution is 7.99. The molecule has 2 rings (SSSR count). The summed E-state index contributed by atoms with van der Waals surface area (Å²) in [5.41, 5.74) is 0. The van der Waals surface area contributed by atoms with E-state index in [9.17, 15) is 4.39 Å². The van der Waals surface area contributed by atoms with E-state index in [-0.39, 0.29) is 5.82 Å². The molecule has 0 saturated carbocycles. The topological polar surface area (TPSA) is 39.9 Å². The standard InChI is InChI=1S/C11H12FN3OS/c1-15-8-13-14-11(15)17-7-6-16-10-4-2-9(12)3-5-10/h2-5,8H,6-7H2,1H3. The van der Waals surface area contributed by atoms with Gasteiger partial charge in [-0.25, -0.2) is 4.39 Å². The average molecular weight is 253 g/mol. The zero-order chi connectivity index (χ0) is 12.1. The van der Waals surface area contributed by atoms with Crippen LogP contribution in [0.3, 0.4) is 0 Å². The van der Waals surface area contributed by atoms with Crippen LogP contribution >= 0.6 is 11.8 Å². The predicted octanol–water partition coefficient (Wildman–Crippen LogP) is 2.13. The molecule has 0 amide bonds. The molecule has 2 aromatic rings. The molecule has 0 fully saturated rings. The summed E-state index contributed by atoms with van der Waals surface area (Å²) in [5.74, 6) is 1.18. The van der Waals surface area contributed by atoms with Crippen LogP contribution in [-0.2, 0) is 7.05 Å². The summed E-state index contributed by atoms with van der Waals surface area (Å²) >= 11 is 1.57. The van der Waals surface area contributed by atoms with Gasteiger partial charge in [0.15, 0.2) is 5.16 Å². The third-order valence-corrected chi connectivity index (χ3v) is 3.07.